The van der Waals surface area contributed by atoms with Crippen molar-refractivity contribution in [2.45, 2.75) is 6.54 Å². The summed E-state index contributed by atoms with van der Waals surface area (Å²) < 4.78 is 10.8. The van der Waals surface area contributed by atoms with E-state index in [0.29, 0.717) is 18.7 Å². The van der Waals surface area contributed by atoms with Gasteiger partial charge in [0.2, 0.25) is 6.79 Å². The molecule has 1 N–H and O–H groups in total. The molecule has 136 valence electrons. The summed E-state index contributed by atoms with van der Waals surface area (Å²) in [5.74, 6) is 1.50. The molecule has 2 aromatic rings. The van der Waals surface area contributed by atoms with E-state index < -0.39 is 0 Å². The van der Waals surface area contributed by atoms with E-state index in [9.17, 15) is 9.90 Å². The van der Waals surface area contributed by atoms with Gasteiger partial charge in [0, 0.05) is 38.3 Å². The Bertz CT molecular complexity index is 834. The van der Waals surface area contributed by atoms with E-state index in [-0.39, 0.29) is 23.5 Å². The van der Waals surface area contributed by atoms with Gasteiger partial charge in [0.25, 0.3) is 5.91 Å². The van der Waals surface area contributed by atoms with Gasteiger partial charge in [0.05, 0.1) is 5.02 Å². The minimum absolute atomic E-state index is 0.0169. The van der Waals surface area contributed by atoms with Crippen molar-refractivity contribution in [1.82, 2.24) is 9.80 Å². The first-order valence-electron chi connectivity index (χ1n) is 8.49. The Kier molecular flexibility index (Phi) is 4.61. The van der Waals surface area contributed by atoms with Gasteiger partial charge in [-0.3, -0.25) is 9.69 Å². The Balaban J connectivity index is 1.35. The van der Waals surface area contributed by atoms with Crippen molar-refractivity contribution in [3.05, 3.63) is 52.5 Å². The Morgan fingerprint density at radius 3 is 2.58 bits per heavy atom. The smallest absolute Gasteiger partial charge is 0.253 e. The molecule has 0 aromatic heterocycles. The lowest BCUT2D eigenvalue weighted by atomic mass is 10.1. The highest BCUT2D eigenvalue weighted by Crippen LogP contribution is 2.33. The zero-order valence-corrected chi connectivity index (χ0v) is 14.9. The highest BCUT2D eigenvalue weighted by molar-refractivity contribution is 6.32. The van der Waals surface area contributed by atoms with Gasteiger partial charge in [0.15, 0.2) is 11.5 Å². The summed E-state index contributed by atoms with van der Waals surface area (Å²) in [6.07, 6.45) is 0. The quantitative estimate of drug-likeness (QED) is 0.895. The summed E-state index contributed by atoms with van der Waals surface area (Å²) in [5.41, 5.74) is 1.66. The third kappa shape index (κ3) is 3.43. The van der Waals surface area contributed by atoms with Gasteiger partial charge in [-0.1, -0.05) is 17.7 Å². The molecule has 2 aromatic carbocycles. The third-order valence-corrected chi connectivity index (χ3v) is 5.00. The van der Waals surface area contributed by atoms with Gasteiger partial charge in [0.1, 0.15) is 5.75 Å². The van der Waals surface area contributed by atoms with E-state index in [0.717, 1.165) is 31.1 Å². The van der Waals surface area contributed by atoms with E-state index in [1.54, 1.807) is 6.07 Å². The van der Waals surface area contributed by atoms with Crippen LogP contribution in [0.1, 0.15) is 15.9 Å². The van der Waals surface area contributed by atoms with Crippen LogP contribution in [0.5, 0.6) is 17.2 Å². The summed E-state index contributed by atoms with van der Waals surface area (Å²) >= 11 is 5.90. The Hall–Kier alpha value is -2.44. The number of hydrogen-bond acceptors (Lipinski definition) is 5. The number of amides is 1. The summed E-state index contributed by atoms with van der Waals surface area (Å²) in [5, 5.41) is 9.68. The standard InChI is InChI=1S/C19H19ClN2O4/c20-15-10-14(2-3-16(15)23)19(24)22-7-5-21(6-8-22)11-13-1-4-17-18(9-13)26-12-25-17/h1-4,9-10,23H,5-8,11-12H2. The molecule has 0 atom stereocenters. The van der Waals surface area contributed by atoms with Crippen LogP contribution in [-0.2, 0) is 6.54 Å². The van der Waals surface area contributed by atoms with Crippen molar-refractivity contribution in [3.8, 4) is 17.2 Å². The molecule has 1 amide bonds. The largest absolute Gasteiger partial charge is 0.506 e. The van der Waals surface area contributed by atoms with Crippen molar-refractivity contribution < 1.29 is 19.4 Å². The van der Waals surface area contributed by atoms with Crippen molar-refractivity contribution in [1.29, 1.82) is 0 Å². The maximum absolute atomic E-state index is 12.6. The van der Waals surface area contributed by atoms with Crippen molar-refractivity contribution in [2.75, 3.05) is 33.0 Å². The number of phenols is 1. The number of fused-ring (bicyclic) bond motifs is 1. The van der Waals surface area contributed by atoms with Crippen LogP contribution in [0.4, 0.5) is 0 Å². The van der Waals surface area contributed by atoms with Crippen LogP contribution in [0, 0.1) is 0 Å². The van der Waals surface area contributed by atoms with Crippen LogP contribution in [0.2, 0.25) is 5.02 Å². The normalized spacial score (nSPS) is 16.7. The second-order valence-electron chi connectivity index (χ2n) is 6.42. The molecule has 2 aliphatic rings. The first kappa shape index (κ1) is 17.0. The molecule has 0 aliphatic carbocycles. The number of piperazine rings is 1. The lowest BCUT2D eigenvalue weighted by Gasteiger charge is -2.34. The Morgan fingerprint density at radius 1 is 1.04 bits per heavy atom. The summed E-state index contributed by atoms with van der Waals surface area (Å²) in [6, 6.07) is 10.6. The van der Waals surface area contributed by atoms with Gasteiger partial charge >= 0.3 is 0 Å². The molecule has 0 radical (unpaired) electrons. The molecule has 6 nitrogen and oxygen atoms in total. The van der Waals surface area contributed by atoms with Crippen LogP contribution < -0.4 is 9.47 Å². The summed E-state index contributed by atoms with van der Waals surface area (Å²) in [6.45, 7) is 3.99. The predicted molar refractivity (Wildman–Crippen MR) is 96.9 cm³/mol. The highest BCUT2D eigenvalue weighted by atomic mass is 35.5. The number of halogens is 1. The Labute approximate surface area is 156 Å². The fourth-order valence-corrected chi connectivity index (χ4v) is 3.41. The number of nitrogens with zero attached hydrogens (tertiary/aromatic N) is 2. The summed E-state index contributed by atoms with van der Waals surface area (Å²) in [7, 11) is 0. The average Bonchev–Trinajstić information content (AvgIpc) is 3.12. The van der Waals surface area contributed by atoms with Crippen LogP contribution in [-0.4, -0.2) is 53.8 Å². The number of ether oxygens (including phenoxy) is 2. The third-order valence-electron chi connectivity index (χ3n) is 4.70. The molecule has 7 heteroatoms. The van der Waals surface area contributed by atoms with E-state index in [4.69, 9.17) is 21.1 Å². The zero-order valence-electron chi connectivity index (χ0n) is 14.2. The minimum Gasteiger partial charge on any atom is -0.506 e. The molecular weight excluding hydrogens is 356 g/mol. The first-order valence-corrected chi connectivity index (χ1v) is 8.86. The monoisotopic (exact) mass is 374 g/mol. The lowest BCUT2D eigenvalue weighted by molar-refractivity contribution is 0.0628. The van der Waals surface area contributed by atoms with Crippen molar-refractivity contribution in [3.63, 3.8) is 0 Å². The van der Waals surface area contributed by atoms with Gasteiger partial charge in [-0.2, -0.15) is 0 Å². The highest BCUT2D eigenvalue weighted by Gasteiger charge is 2.23. The number of benzene rings is 2. The van der Waals surface area contributed by atoms with Crippen molar-refractivity contribution in [2.24, 2.45) is 0 Å². The SMILES string of the molecule is O=C(c1ccc(O)c(Cl)c1)N1CCN(Cc2ccc3c(c2)OCO3)CC1. The van der Waals surface area contributed by atoms with E-state index in [1.165, 1.54) is 17.7 Å². The number of aromatic hydroxyl groups is 1. The van der Waals surface area contributed by atoms with Crippen LogP contribution in [0.15, 0.2) is 36.4 Å². The fourth-order valence-electron chi connectivity index (χ4n) is 3.23. The van der Waals surface area contributed by atoms with E-state index in [1.807, 2.05) is 23.1 Å². The lowest BCUT2D eigenvalue weighted by Crippen LogP contribution is -2.48. The van der Waals surface area contributed by atoms with Crippen molar-refractivity contribution >= 4 is 17.5 Å². The van der Waals surface area contributed by atoms with E-state index in [2.05, 4.69) is 4.90 Å². The molecule has 2 aliphatic heterocycles. The van der Waals surface area contributed by atoms with Gasteiger partial charge < -0.3 is 19.5 Å². The predicted octanol–water partition coefficient (Wildman–Crippen LogP) is 2.73. The van der Waals surface area contributed by atoms with Gasteiger partial charge in [-0.25, -0.2) is 0 Å². The topological polar surface area (TPSA) is 62.2 Å². The molecule has 0 bridgehead atoms. The Morgan fingerprint density at radius 2 is 1.81 bits per heavy atom. The van der Waals surface area contributed by atoms with Gasteiger partial charge in [-0.05, 0) is 35.9 Å². The summed E-state index contributed by atoms with van der Waals surface area (Å²) in [4.78, 5) is 16.7. The first-order chi connectivity index (χ1) is 12.6. The molecule has 1 fully saturated rings. The minimum atomic E-state index is -0.0605. The maximum atomic E-state index is 12.6. The fraction of sp³-hybridized carbons (Fsp3) is 0.316. The van der Waals surface area contributed by atoms with Gasteiger partial charge in [-0.15, -0.1) is 0 Å². The van der Waals surface area contributed by atoms with Crippen LogP contribution in [0.25, 0.3) is 0 Å². The van der Waals surface area contributed by atoms with Crippen LogP contribution in [0.3, 0.4) is 0 Å². The maximum Gasteiger partial charge on any atom is 0.253 e. The number of phenolic OH excluding ortho intramolecular Hbond substituents is 1. The molecule has 1 saturated heterocycles. The van der Waals surface area contributed by atoms with E-state index >= 15 is 0 Å². The second kappa shape index (κ2) is 7.05. The molecule has 2 heterocycles. The molecule has 0 unspecified atom stereocenters. The van der Waals surface area contributed by atoms with Crippen LogP contribution >= 0.6 is 11.6 Å². The number of carbonyl (C=O) groups is 1. The zero-order chi connectivity index (χ0) is 18.1. The molecule has 0 saturated carbocycles. The number of rotatable bonds is 3. The molecule has 26 heavy (non-hydrogen) atoms. The molecule has 4 rings (SSSR count). The molecular formula is C19H19ClN2O4. The average molecular weight is 375 g/mol. The second-order valence-corrected chi connectivity index (χ2v) is 6.83. The number of carbonyl (C=O) groups excluding carboxylic acids is 1. The number of hydrogen-bond donors (Lipinski definition) is 1. The molecule has 0 spiro atoms.